The van der Waals surface area contributed by atoms with Gasteiger partial charge in [-0.05, 0) is 45.9 Å². The molecule has 1 N–H and O–H groups in total. The van der Waals surface area contributed by atoms with Crippen LogP contribution in [0.3, 0.4) is 0 Å². The summed E-state index contributed by atoms with van der Waals surface area (Å²) in [6, 6.07) is 3.11. The average Bonchev–Trinajstić information content (AvgIpc) is 2.35. The largest absolute Gasteiger partial charge is 0.382 e. The Bertz CT molecular complexity index is 483. The van der Waals surface area contributed by atoms with E-state index in [4.69, 9.17) is 4.74 Å². The fourth-order valence-corrected chi connectivity index (χ4v) is 2.87. The predicted molar refractivity (Wildman–Crippen MR) is 64.1 cm³/mol. The monoisotopic (exact) mass is 256 g/mol. The molecule has 1 aliphatic heterocycles. The van der Waals surface area contributed by atoms with Crippen LogP contribution in [0.15, 0.2) is 18.2 Å². The summed E-state index contributed by atoms with van der Waals surface area (Å²) >= 11 is 0. The van der Waals surface area contributed by atoms with E-state index in [1.165, 1.54) is 0 Å². The molecule has 0 saturated carbocycles. The molecule has 0 amide bonds. The summed E-state index contributed by atoms with van der Waals surface area (Å²) in [6.07, 6.45) is 0.216. The van der Waals surface area contributed by atoms with Crippen molar-refractivity contribution in [2.45, 2.75) is 50.9 Å². The molecule has 0 bridgehead atoms. The Kier molecular flexibility index (Phi) is 2.80. The highest BCUT2D eigenvalue weighted by Gasteiger charge is 2.58. The molecule has 100 valence electrons. The van der Waals surface area contributed by atoms with Gasteiger partial charge in [-0.2, -0.15) is 0 Å². The highest BCUT2D eigenvalue weighted by molar-refractivity contribution is 5.30. The summed E-state index contributed by atoms with van der Waals surface area (Å²) in [7, 11) is 0. The minimum atomic E-state index is -1.54. The van der Waals surface area contributed by atoms with Gasteiger partial charge < -0.3 is 9.84 Å². The maximum Gasteiger partial charge on any atom is 0.129 e. The zero-order valence-electron chi connectivity index (χ0n) is 11.1. The van der Waals surface area contributed by atoms with Gasteiger partial charge in [0.25, 0.3) is 0 Å². The molecule has 4 heteroatoms. The van der Waals surface area contributed by atoms with Gasteiger partial charge >= 0.3 is 0 Å². The highest BCUT2D eigenvalue weighted by Crippen LogP contribution is 2.51. The maximum absolute atomic E-state index is 13.9. The summed E-state index contributed by atoms with van der Waals surface area (Å²) in [5, 5.41) is 10.8. The van der Waals surface area contributed by atoms with Crippen LogP contribution in [0.25, 0.3) is 0 Å². The van der Waals surface area contributed by atoms with Crippen LogP contribution in [-0.2, 0) is 10.3 Å². The zero-order chi connectivity index (χ0) is 13.8. The molecule has 2 nitrogen and oxygen atoms in total. The predicted octanol–water partition coefficient (Wildman–Crippen LogP) is 3.13. The van der Waals surface area contributed by atoms with Gasteiger partial charge in [-0.25, -0.2) is 8.78 Å². The molecule has 1 aromatic carbocycles. The molecule has 0 radical (unpaired) electrons. The lowest BCUT2D eigenvalue weighted by Crippen LogP contribution is -2.44. The van der Waals surface area contributed by atoms with Gasteiger partial charge in [-0.15, -0.1) is 0 Å². The van der Waals surface area contributed by atoms with Crippen molar-refractivity contribution in [3.63, 3.8) is 0 Å². The Morgan fingerprint density at radius 2 is 1.78 bits per heavy atom. The van der Waals surface area contributed by atoms with E-state index < -0.39 is 28.4 Å². The Labute approximate surface area is 106 Å². The Balaban J connectivity index is 2.58. The average molecular weight is 256 g/mol. The molecule has 1 aliphatic rings. The summed E-state index contributed by atoms with van der Waals surface area (Å²) in [6.45, 7) is 7.02. The lowest BCUT2D eigenvalue weighted by molar-refractivity contribution is -0.130. The topological polar surface area (TPSA) is 29.5 Å². The molecule has 1 atom stereocenters. The summed E-state index contributed by atoms with van der Waals surface area (Å²) in [5.74, 6) is -1.19. The van der Waals surface area contributed by atoms with Gasteiger partial charge in [0.05, 0.1) is 11.2 Å². The number of aliphatic hydroxyl groups is 1. The van der Waals surface area contributed by atoms with Gasteiger partial charge in [0.2, 0.25) is 0 Å². The van der Waals surface area contributed by atoms with E-state index in [2.05, 4.69) is 0 Å². The van der Waals surface area contributed by atoms with E-state index in [0.29, 0.717) is 0 Å². The SMILES string of the molecule is CC1(C)CC(O)(c2cc(F)ccc2F)C(C)(C)O1. The molecule has 1 fully saturated rings. The van der Waals surface area contributed by atoms with Crippen molar-refractivity contribution in [2.75, 3.05) is 0 Å². The number of ether oxygens (including phenoxy) is 1. The summed E-state index contributed by atoms with van der Waals surface area (Å²) in [5.41, 5.74) is -3.15. The number of hydrogen-bond acceptors (Lipinski definition) is 2. The second-order valence-corrected chi connectivity index (χ2v) is 6.03. The molecule has 0 spiro atoms. The first kappa shape index (κ1) is 13.4. The van der Waals surface area contributed by atoms with E-state index >= 15 is 0 Å². The summed E-state index contributed by atoms with van der Waals surface area (Å²) < 4.78 is 32.9. The number of benzene rings is 1. The van der Waals surface area contributed by atoms with Gasteiger partial charge in [-0.3, -0.25) is 0 Å². The van der Waals surface area contributed by atoms with Crippen molar-refractivity contribution < 1.29 is 18.6 Å². The molecule has 0 aliphatic carbocycles. The second-order valence-electron chi connectivity index (χ2n) is 6.03. The first-order valence-electron chi connectivity index (χ1n) is 5.95. The third-order valence-electron chi connectivity index (χ3n) is 3.58. The van der Waals surface area contributed by atoms with Crippen molar-refractivity contribution in [3.05, 3.63) is 35.4 Å². The van der Waals surface area contributed by atoms with E-state index in [1.807, 2.05) is 13.8 Å². The van der Waals surface area contributed by atoms with E-state index in [-0.39, 0.29) is 12.0 Å². The van der Waals surface area contributed by atoms with E-state index in [1.54, 1.807) is 13.8 Å². The Morgan fingerprint density at radius 1 is 1.17 bits per heavy atom. The molecule has 1 aromatic rings. The van der Waals surface area contributed by atoms with Gasteiger partial charge in [-0.1, -0.05) is 0 Å². The van der Waals surface area contributed by atoms with Crippen LogP contribution in [0.4, 0.5) is 8.78 Å². The fourth-order valence-electron chi connectivity index (χ4n) is 2.87. The minimum absolute atomic E-state index is 0.0434. The first-order chi connectivity index (χ1) is 8.07. The number of halogens is 2. The van der Waals surface area contributed by atoms with Gasteiger partial charge in [0.1, 0.15) is 17.2 Å². The fraction of sp³-hybridized carbons (Fsp3) is 0.571. The third kappa shape index (κ3) is 1.93. The van der Waals surface area contributed by atoms with E-state index in [9.17, 15) is 13.9 Å². The standard InChI is InChI=1S/C14H18F2O2/c1-12(2)8-14(17,13(3,4)18-12)10-7-9(15)5-6-11(10)16/h5-7,17H,8H2,1-4H3. The lowest BCUT2D eigenvalue weighted by Gasteiger charge is -2.35. The second kappa shape index (κ2) is 3.75. The van der Waals surface area contributed by atoms with Crippen LogP contribution in [0.5, 0.6) is 0 Å². The van der Waals surface area contributed by atoms with Crippen molar-refractivity contribution in [1.29, 1.82) is 0 Å². The highest BCUT2D eigenvalue weighted by atomic mass is 19.1. The Hall–Kier alpha value is -1.00. The Morgan fingerprint density at radius 3 is 2.28 bits per heavy atom. The van der Waals surface area contributed by atoms with Crippen LogP contribution in [0, 0.1) is 11.6 Å². The summed E-state index contributed by atoms with van der Waals surface area (Å²) in [4.78, 5) is 0. The lowest BCUT2D eigenvalue weighted by atomic mass is 9.77. The van der Waals surface area contributed by atoms with E-state index in [0.717, 1.165) is 18.2 Å². The van der Waals surface area contributed by atoms with Crippen molar-refractivity contribution in [3.8, 4) is 0 Å². The molecule has 1 unspecified atom stereocenters. The molecule has 0 aromatic heterocycles. The maximum atomic E-state index is 13.9. The van der Waals surface area contributed by atoms with Crippen molar-refractivity contribution in [1.82, 2.24) is 0 Å². The van der Waals surface area contributed by atoms with Crippen molar-refractivity contribution in [2.24, 2.45) is 0 Å². The van der Waals surface area contributed by atoms with Gasteiger partial charge in [0.15, 0.2) is 0 Å². The third-order valence-corrected chi connectivity index (χ3v) is 3.58. The van der Waals surface area contributed by atoms with Crippen molar-refractivity contribution >= 4 is 0 Å². The van der Waals surface area contributed by atoms with Gasteiger partial charge in [0, 0.05) is 12.0 Å². The molecule has 1 saturated heterocycles. The molecular formula is C14H18F2O2. The number of hydrogen-bond donors (Lipinski definition) is 1. The van der Waals surface area contributed by atoms with Crippen LogP contribution in [-0.4, -0.2) is 16.3 Å². The normalized spacial score (nSPS) is 29.5. The van der Waals surface area contributed by atoms with Crippen LogP contribution in [0.2, 0.25) is 0 Å². The quantitative estimate of drug-likeness (QED) is 0.836. The van der Waals surface area contributed by atoms with Crippen LogP contribution >= 0.6 is 0 Å². The molecular weight excluding hydrogens is 238 g/mol. The van der Waals surface area contributed by atoms with Crippen LogP contribution < -0.4 is 0 Å². The molecule has 2 rings (SSSR count). The number of rotatable bonds is 1. The minimum Gasteiger partial charge on any atom is -0.382 e. The molecule has 18 heavy (non-hydrogen) atoms. The molecule has 1 heterocycles. The zero-order valence-corrected chi connectivity index (χ0v) is 11.1. The first-order valence-corrected chi connectivity index (χ1v) is 5.95. The smallest absolute Gasteiger partial charge is 0.129 e. The van der Waals surface area contributed by atoms with Crippen LogP contribution in [0.1, 0.15) is 39.7 Å².